The van der Waals surface area contributed by atoms with Crippen LogP contribution in [0, 0.1) is 20.8 Å². The molecule has 2 rings (SSSR count). The zero-order valence-corrected chi connectivity index (χ0v) is 16.4. The number of likely N-dealkylation sites (N-methyl/N-ethyl adjacent to an activating group) is 1. The van der Waals surface area contributed by atoms with E-state index in [4.69, 9.17) is 0 Å². The molecule has 0 radical (unpaired) electrons. The first kappa shape index (κ1) is 18.8. The van der Waals surface area contributed by atoms with Gasteiger partial charge in [-0.05, 0) is 58.2 Å². The van der Waals surface area contributed by atoms with Gasteiger partial charge in [0.15, 0.2) is 0 Å². The molecule has 23 heavy (non-hydrogen) atoms. The molecule has 0 aromatic heterocycles. The van der Waals surface area contributed by atoms with Crippen LogP contribution in [-0.4, -0.2) is 62.4 Å². The number of sulfonamides is 1. The second-order valence-electron chi connectivity index (χ2n) is 6.69. The fourth-order valence-electron chi connectivity index (χ4n) is 3.38. The van der Waals surface area contributed by atoms with Crippen molar-refractivity contribution in [1.29, 1.82) is 0 Å². The van der Waals surface area contributed by atoms with Crippen molar-refractivity contribution in [2.24, 2.45) is 0 Å². The Morgan fingerprint density at radius 1 is 1.22 bits per heavy atom. The maximum atomic E-state index is 13.4. The normalized spacial score (nSPS) is 20.7. The van der Waals surface area contributed by atoms with Gasteiger partial charge in [-0.3, -0.25) is 0 Å². The van der Waals surface area contributed by atoms with Gasteiger partial charge in [-0.2, -0.15) is 16.1 Å². The zero-order chi connectivity index (χ0) is 17.2. The molecule has 1 saturated heterocycles. The summed E-state index contributed by atoms with van der Waals surface area (Å²) >= 11 is 1.86. The molecule has 1 fully saturated rings. The Hall–Kier alpha value is -0.560. The number of benzene rings is 1. The molecular weight excluding hydrogens is 328 g/mol. The summed E-state index contributed by atoms with van der Waals surface area (Å²) in [7, 11) is 0.540. The number of nitrogens with zero attached hydrogens (tertiary/aromatic N) is 2. The van der Waals surface area contributed by atoms with Gasteiger partial charge in [0.2, 0.25) is 10.0 Å². The molecule has 1 heterocycles. The number of hydrogen-bond donors (Lipinski definition) is 0. The second-order valence-corrected chi connectivity index (χ2v) is 9.67. The lowest BCUT2D eigenvalue weighted by Gasteiger charge is -2.31. The van der Waals surface area contributed by atoms with E-state index in [1.807, 2.05) is 58.8 Å². The van der Waals surface area contributed by atoms with E-state index < -0.39 is 10.0 Å². The minimum atomic E-state index is -3.46. The predicted molar refractivity (Wildman–Crippen MR) is 98.8 cm³/mol. The van der Waals surface area contributed by atoms with Crippen molar-refractivity contribution in [3.8, 4) is 0 Å². The lowest BCUT2D eigenvalue weighted by molar-refractivity contribution is 0.271. The van der Waals surface area contributed by atoms with Crippen molar-refractivity contribution < 1.29 is 8.42 Å². The molecule has 0 amide bonds. The van der Waals surface area contributed by atoms with Gasteiger partial charge in [0.25, 0.3) is 0 Å². The van der Waals surface area contributed by atoms with E-state index in [0.29, 0.717) is 11.4 Å². The van der Waals surface area contributed by atoms with E-state index in [1.54, 1.807) is 4.31 Å². The van der Waals surface area contributed by atoms with Crippen LogP contribution in [0.5, 0.6) is 0 Å². The van der Waals surface area contributed by atoms with Crippen molar-refractivity contribution in [2.45, 2.75) is 38.1 Å². The molecule has 0 bridgehead atoms. The zero-order valence-electron chi connectivity index (χ0n) is 14.8. The molecule has 6 heteroatoms. The van der Waals surface area contributed by atoms with Gasteiger partial charge < -0.3 is 4.90 Å². The van der Waals surface area contributed by atoms with Crippen molar-refractivity contribution in [3.63, 3.8) is 0 Å². The van der Waals surface area contributed by atoms with Crippen LogP contribution >= 0.6 is 11.8 Å². The van der Waals surface area contributed by atoms with Gasteiger partial charge in [0.05, 0.1) is 4.90 Å². The van der Waals surface area contributed by atoms with Gasteiger partial charge in [-0.25, -0.2) is 8.42 Å². The Morgan fingerprint density at radius 3 is 2.39 bits per heavy atom. The monoisotopic (exact) mass is 356 g/mol. The quantitative estimate of drug-likeness (QED) is 0.832. The Labute approximate surface area is 145 Å². The molecule has 1 aromatic rings. The average Bonchev–Trinajstić information content (AvgIpc) is 2.62. The molecule has 130 valence electrons. The summed E-state index contributed by atoms with van der Waals surface area (Å²) in [6.45, 7) is 7.19. The SMILES string of the molecule is Cc1cc(C)c(S(=O)(=O)N2CCCSCC2CN(C)C)c(C)c1. The summed E-state index contributed by atoms with van der Waals surface area (Å²) in [5, 5.41) is 0. The summed E-state index contributed by atoms with van der Waals surface area (Å²) in [5.74, 6) is 1.89. The summed E-state index contributed by atoms with van der Waals surface area (Å²) < 4.78 is 28.5. The fraction of sp³-hybridized carbons (Fsp3) is 0.647. The molecule has 0 saturated carbocycles. The number of hydrogen-bond acceptors (Lipinski definition) is 4. The first-order valence-electron chi connectivity index (χ1n) is 8.05. The van der Waals surface area contributed by atoms with Crippen LogP contribution in [0.2, 0.25) is 0 Å². The second kappa shape index (κ2) is 7.55. The molecule has 0 spiro atoms. The summed E-state index contributed by atoms with van der Waals surface area (Å²) in [6.07, 6.45) is 0.914. The first-order valence-corrected chi connectivity index (χ1v) is 10.6. The standard InChI is InChI=1S/C17H28N2O2S2/c1-13-9-14(2)17(15(3)10-13)23(20,21)19-7-6-8-22-12-16(19)11-18(4)5/h9-10,16H,6-8,11-12H2,1-5H3. The van der Waals surface area contributed by atoms with Crippen LogP contribution in [0.15, 0.2) is 17.0 Å². The summed E-state index contributed by atoms with van der Waals surface area (Å²) in [4.78, 5) is 2.58. The number of aryl methyl sites for hydroxylation is 3. The third-order valence-electron chi connectivity index (χ3n) is 4.13. The van der Waals surface area contributed by atoms with E-state index in [9.17, 15) is 8.42 Å². The molecular formula is C17H28N2O2S2. The highest BCUT2D eigenvalue weighted by Gasteiger charge is 2.34. The predicted octanol–water partition coefficient (Wildman–Crippen LogP) is 2.67. The Balaban J connectivity index is 2.47. The van der Waals surface area contributed by atoms with Crippen LogP contribution in [-0.2, 0) is 10.0 Å². The van der Waals surface area contributed by atoms with Gasteiger partial charge in [-0.15, -0.1) is 0 Å². The van der Waals surface area contributed by atoms with Crippen LogP contribution in [0.3, 0.4) is 0 Å². The highest BCUT2D eigenvalue weighted by atomic mass is 32.2. The van der Waals surface area contributed by atoms with Crippen LogP contribution < -0.4 is 0 Å². The van der Waals surface area contributed by atoms with Crippen molar-refractivity contribution in [2.75, 3.05) is 38.7 Å². The molecule has 0 N–H and O–H groups in total. The van der Waals surface area contributed by atoms with E-state index in [-0.39, 0.29) is 6.04 Å². The highest BCUT2D eigenvalue weighted by molar-refractivity contribution is 7.99. The number of thioether (sulfide) groups is 1. The van der Waals surface area contributed by atoms with E-state index >= 15 is 0 Å². The Morgan fingerprint density at radius 2 is 1.83 bits per heavy atom. The topological polar surface area (TPSA) is 40.6 Å². The maximum absolute atomic E-state index is 13.4. The minimum Gasteiger partial charge on any atom is -0.308 e. The Kier molecular flexibility index (Phi) is 6.16. The van der Waals surface area contributed by atoms with Gasteiger partial charge in [0, 0.05) is 24.9 Å². The molecule has 1 aliphatic rings. The van der Waals surface area contributed by atoms with Crippen molar-refractivity contribution in [3.05, 3.63) is 28.8 Å². The minimum absolute atomic E-state index is 0.0302. The van der Waals surface area contributed by atoms with E-state index in [2.05, 4.69) is 4.90 Å². The van der Waals surface area contributed by atoms with Crippen LogP contribution in [0.1, 0.15) is 23.1 Å². The van der Waals surface area contributed by atoms with Gasteiger partial charge in [-0.1, -0.05) is 17.7 Å². The molecule has 4 nitrogen and oxygen atoms in total. The summed E-state index contributed by atoms with van der Waals surface area (Å²) in [6, 6.07) is 3.96. The maximum Gasteiger partial charge on any atom is 0.243 e. The van der Waals surface area contributed by atoms with Gasteiger partial charge >= 0.3 is 0 Å². The van der Waals surface area contributed by atoms with Crippen molar-refractivity contribution >= 4 is 21.8 Å². The van der Waals surface area contributed by atoms with E-state index in [0.717, 1.165) is 41.2 Å². The Bertz CT molecular complexity index is 634. The number of rotatable bonds is 4. The molecule has 1 aliphatic heterocycles. The highest BCUT2D eigenvalue weighted by Crippen LogP contribution is 2.29. The lowest BCUT2D eigenvalue weighted by Crippen LogP contribution is -2.46. The average molecular weight is 357 g/mol. The lowest BCUT2D eigenvalue weighted by atomic mass is 10.1. The molecule has 1 unspecified atom stereocenters. The largest absolute Gasteiger partial charge is 0.308 e. The van der Waals surface area contributed by atoms with Crippen molar-refractivity contribution in [1.82, 2.24) is 9.21 Å². The fourth-order valence-corrected chi connectivity index (χ4v) is 6.60. The van der Waals surface area contributed by atoms with Crippen LogP contribution in [0.25, 0.3) is 0 Å². The third kappa shape index (κ3) is 4.29. The third-order valence-corrected chi connectivity index (χ3v) is 7.59. The van der Waals surface area contributed by atoms with Gasteiger partial charge in [0.1, 0.15) is 0 Å². The van der Waals surface area contributed by atoms with E-state index in [1.165, 1.54) is 0 Å². The molecule has 1 aromatic carbocycles. The summed E-state index contributed by atoms with van der Waals surface area (Å²) in [5.41, 5.74) is 2.81. The van der Waals surface area contributed by atoms with Crippen LogP contribution in [0.4, 0.5) is 0 Å². The molecule has 1 atom stereocenters. The molecule has 0 aliphatic carbocycles. The first-order chi connectivity index (χ1) is 10.7. The smallest absolute Gasteiger partial charge is 0.243 e.